The lowest BCUT2D eigenvalue weighted by atomic mass is 10.5. The number of aromatic nitrogens is 2. The molecular weight excluding hydrogens is 208 g/mol. The third-order valence-electron chi connectivity index (χ3n) is 1.75. The summed E-state index contributed by atoms with van der Waals surface area (Å²) in [5.74, 6) is 6.49. The van der Waals surface area contributed by atoms with E-state index in [9.17, 15) is 0 Å². The molecule has 0 amide bonds. The molecule has 0 bridgehead atoms. The highest BCUT2D eigenvalue weighted by Gasteiger charge is 2.00. The van der Waals surface area contributed by atoms with Gasteiger partial charge in [0.2, 0.25) is 5.95 Å². The Labute approximate surface area is 94.6 Å². The number of rotatable bonds is 6. The average Bonchev–Trinajstić information content (AvgIpc) is 2.23. The highest BCUT2D eigenvalue weighted by Crippen LogP contribution is 2.10. The topological polar surface area (TPSA) is 111 Å². The van der Waals surface area contributed by atoms with Gasteiger partial charge in [-0.05, 0) is 13.8 Å². The molecule has 6 N–H and O–H groups in total. The van der Waals surface area contributed by atoms with Gasteiger partial charge in [0.25, 0.3) is 0 Å². The van der Waals surface area contributed by atoms with E-state index < -0.39 is 0 Å². The Bertz CT molecular complexity index is 330. The van der Waals surface area contributed by atoms with E-state index in [2.05, 4.69) is 20.7 Å². The van der Waals surface area contributed by atoms with Crippen molar-refractivity contribution < 1.29 is 4.74 Å². The van der Waals surface area contributed by atoms with E-state index in [-0.39, 0.29) is 12.1 Å². The number of anilines is 3. The first-order valence-electron chi connectivity index (χ1n) is 5.08. The molecule has 0 aromatic carbocycles. The van der Waals surface area contributed by atoms with Gasteiger partial charge in [0.05, 0.1) is 12.7 Å². The molecule has 0 spiro atoms. The highest BCUT2D eigenvalue weighted by molar-refractivity contribution is 5.50. The molecule has 0 saturated heterocycles. The zero-order valence-corrected chi connectivity index (χ0v) is 9.53. The summed E-state index contributed by atoms with van der Waals surface area (Å²) in [5.41, 5.74) is 7.91. The van der Waals surface area contributed by atoms with E-state index in [0.29, 0.717) is 24.8 Å². The van der Waals surface area contributed by atoms with Crippen LogP contribution in [0.2, 0.25) is 0 Å². The first kappa shape index (κ1) is 12.5. The van der Waals surface area contributed by atoms with Crippen molar-refractivity contribution in [3.8, 4) is 0 Å². The second-order valence-electron chi connectivity index (χ2n) is 3.49. The third-order valence-corrected chi connectivity index (χ3v) is 1.75. The predicted molar refractivity (Wildman–Crippen MR) is 63.8 cm³/mol. The molecule has 1 rings (SSSR count). The van der Waals surface area contributed by atoms with E-state index >= 15 is 0 Å². The van der Waals surface area contributed by atoms with Gasteiger partial charge < -0.3 is 21.2 Å². The summed E-state index contributed by atoms with van der Waals surface area (Å²) in [5, 5.41) is 3.06. The first-order valence-corrected chi connectivity index (χ1v) is 5.08. The SMILES string of the molecule is CC(C)OCCNc1cc(NN)nc(N)n1. The Morgan fingerprint density at radius 1 is 1.38 bits per heavy atom. The second-order valence-corrected chi connectivity index (χ2v) is 3.49. The number of ether oxygens (including phenoxy) is 1. The Morgan fingerprint density at radius 3 is 2.69 bits per heavy atom. The predicted octanol–water partition coefficient (Wildman–Crippen LogP) is 0.181. The summed E-state index contributed by atoms with van der Waals surface area (Å²) in [7, 11) is 0. The Hall–Kier alpha value is -1.60. The fraction of sp³-hybridized carbons (Fsp3) is 0.556. The summed E-state index contributed by atoms with van der Waals surface area (Å²) in [6.45, 7) is 5.23. The molecule has 0 aliphatic heterocycles. The van der Waals surface area contributed by atoms with Gasteiger partial charge in [-0.3, -0.25) is 0 Å². The lowest BCUT2D eigenvalue weighted by molar-refractivity contribution is 0.0870. The van der Waals surface area contributed by atoms with Crippen molar-refractivity contribution >= 4 is 17.6 Å². The summed E-state index contributed by atoms with van der Waals surface area (Å²) in [4.78, 5) is 7.87. The van der Waals surface area contributed by atoms with Gasteiger partial charge in [-0.15, -0.1) is 0 Å². The number of hydrogen-bond donors (Lipinski definition) is 4. The molecule has 0 saturated carbocycles. The van der Waals surface area contributed by atoms with E-state index in [1.54, 1.807) is 6.07 Å². The van der Waals surface area contributed by atoms with Crippen LogP contribution in [0.15, 0.2) is 6.07 Å². The molecule has 1 aromatic heterocycles. The minimum atomic E-state index is 0.169. The quantitative estimate of drug-likeness (QED) is 0.311. The molecule has 0 unspecified atom stereocenters. The number of hydrazine groups is 1. The van der Waals surface area contributed by atoms with Crippen LogP contribution in [0.25, 0.3) is 0 Å². The maximum atomic E-state index is 5.50. The molecule has 0 radical (unpaired) electrons. The van der Waals surface area contributed by atoms with Crippen LogP contribution in [0, 0.1) is 0 Å². The standard InChI is InChI=1S/C9H18N6O/c1-6(2)16-4-3-12-7-5-8(15-11)14-9(10)13-7/h5-6H,3-4,11H2,1-2H3,(H4,10,12,13,14,15). The van der Waals surface area contributed by atoms with Crippen LogP contribution in [-0.4, -0.2) is 29.2 Å². The molecule has 16 heavy (non-hydrogen) atoms. The number of nitrogens with two attached hydrogens (primary N) is 2. The summed E-state index contributed by atoms with van der Waals surface area (Å²) >= 11 is 0. The van der Waals surface area contributed by atoms with E-state index in [0.717, 1.165) is 0 Å². The first-order chi connectivity index (χ1) is 7.61. The van der Waals surface area contributed by atoms with E-state index in [1.165, 1.54) is 0 Å². The van der Waals surface area contributed by atoms with Crippen LogP contribution >= 0.6 is 0 Å². The van der Waals surface area contributed by atoms with Gasteiger partial charge in [-0.1, -0.05) is 0 Å². The zero-order valence-electron chi connectivity index (χ0n) is 9.53. The molecule has 1 aromatic rings. The molecule has 0 atom stereocenters. The van der Waals surface area contributed by atoms with Crippen molar-refractivity contribution in [1.29, 1.82) is 0 Å². The molecule has 0 aliphatic rings. The smallest absolute Gasteiger partial charge is 0.223 e. The normalized spacial score (nSPS) is 10.5. The Morgan fingerprint density at radius 2 is 2.06 bits per heavy atom. The van der Waals surface area contributed by atoms with E-state index in [4.69, 9.17) is 16.3 Å². The van der Waals surface area contributed by atoms with Crippen LogP contribution in [-0.2, 0) is 4.74 Å². The van der Waals surface area contributed by atoms with Crippen LogP contribution in [0.4, 0.5) is 17.6 Å². The average molecular weight is 226 g/mol. The lowest BCUT2D eigenvalue weighted by Gasteiger charge is -2.10. The maximum absolute atomic E-state index is 5.50. The van der Waals surface area contributed by atoms with Crippen LogP contribution < -0.4 is 22.3 Å². The maximum Gasteiger partial charge on any atom is 0.223 e. The molecule has 0 fully saturated rings. The van der Waals surface area contributed by atoms with Crippen LogP contribution in [0.5, 0.6) is 0 Å². The van der Waals surface area contributed by atoms with Crippen molar-refractivity contribution in [2.45, 2.75) is 20.0 Å². The van der Waals surface area contributed by atoms with Crippen molar-refractivity contribution in [2.24, 2.45) is 5.84 Å². The molecule has 7 nitrogen and oxygen atoms in total. The van der Waals surface area contributed by atoms with Crippen LogP contribution in [0.1, 0.15) is 13.8 Å². The molecule has 90 valence electrons. The number of nitrogens with one attached hydrogen (secondary N) is 2. The molecule has 1 heterocycles. The van der Waals surface area contributed by atoms with Gasteiger partial charge in [-0.25, -0.2) is 5.84 Å². The highest BCUT2D eigenvalue weighted by atomic mass is 16.5. The van der Waals surface area contributed by atoms with Crippen molar-refractivity contribution in [1.82, 2.24) is 9.97 Å². The lowest BCUT2D eigenvalue weighted by Crippen LogP contribution is -2.15. The third kappa shape index (κ3) is 4.28. The van der Waals surface area contributed by atoms with Gasteiger partial charge in [0.1, 0.15) is 11.6 Å². The fourth-order valence-electron chi connectivity index (χ4n) is 1.10. The summed E-state index contributed by atoms with van der Waals surface area (Å²) < 4.78 is 5.37. The van der Waals surface area contributed by atoms with Crippen molar-refractivity contribution in [3.63, 3.8) is 0 Å². The van der Waals surface area contributed by atoms with Crippen LogP contribution in [0.3, 0.4) is 0 Å². The Kier molecular flexibility index (Phi) is 4.74. The van der Waals surface area contributed by atoms with Crippen molar-refractivity contribution in [2.75, 3.05) is 29.6 Å². The largest absolute Gasteiger partial charge is 0.377 e. The number of hydrogen-bond acceptors (Lipinski definition) is 7. The van der Waals surface area contributed by atoms with Gasteiger partial charge in [0, 0.05) is 12.6 Å². The zero-order chi connectivity index (χ0) is 12.0. The molecular formula is C9H18N6O. The summed E-state index contributed by atoms with van der Waals surface area (Å²) in [6, 6.07) is 1.67. The van der Waals surface area contributed by atoms with Gasteiger partial charge in [-0.2, -0.15) is 9.97 Å². The molecule has 0 aliphatic carbocycles. The summed E-state index contributed by atoms with van der Waals surface area (Å²) in [6.07, 6.45) is 0.221. The minimum Gasteiger partial charge on any atom is -0.377 e. The Balaban J connectivity index is 2.44. The number of nitrogen functional groups attached to an aromatic ring is 2. The molecule has 7 heteroatoms. The van der Waals surface area contributed by atoms with Crippen molar-refractivity contribution in [3.05, 3.63) is 6.07 Å². The van der Waals surface area contributed by atoms with Gasteiger partial charge >= 0.3 is 0 Å². The fourth-order valence-corrected chi connectivity index (χ4v) is 1.10. The van der Waals surface area contributed by atoms with Gasteiger partial charge in [0.15, 0.2) is 0 Å². The second kappa shape index (κ2) is 6.09. The van der Waals surface area contributed by atoms with E-state index in [1.807, 2.05) is 13.8 Å². The minimum absolute atomic E-state index is 0.169. The monoisotopic (exact) mass is 226 g/mol. The number of nitrogens with zero attached hydrogens (tertiary/aromatic N) is 2.